The van der Waals surface area contributed by atoms with Crippen molar-refractivity contribution in [1.29, 1.82) is 0 Å². The second kappa shape index (κ2) is 6.49. The van der Waals surface area contributed by atoms with Gasteiger partial charge in [0.25, 0.3) is 10.0 Å². The Balaban J connectivity index is 2.08. The van der Waals surface area contributed by atoms with Crippen LogP contribution in [0.25, 0.3) is 0 Å². The maximum Gasteiger partial charge on any atom is 0.250 e. The highest BCUT2D eigenvalue weighted by molar-refractivity contribution is 7.91. The average molecular weight is 314 g/mol. The van der Waals surface area contributed by atoms with E-state index in [1.807, 2.05) is 13.0 Å². The summed E-state index contributed by atoms with van der Waals surface area (Å²) in [6.45, 7) is 5.35. The molecule has 0 saturated carbocycles. The van der Waals surface area contributed by atoms with Gasteiger partial charge >= 0.3 is 0 Å². The normalized spacial score (nSPS) is 13.5. The van der Waals surface area contributed by atoms with Crippen molar-refractivity contribution in [3.63, 3.8) is 0 Å². The molecule has 0 bridgehead atoms. The van der Waals surface area contributed by atoms with Crippen molar-refractivity contribution >= 4 is 21.4 Å². The van der Waals surface area contributed by atoms with E-state index in [9.17, 15) is 8.42 Å². The number of sulfonamides is 1. The minimum atomic E-state index is -3.49. The molecule has 2 aromatic heterocycles. The van der Waals surface area contributed by atoms with Crippen molar-refractivity contribution in [1.82, 2.24) is 20.2 Å². The number of nitrogens with one attached hydrogen (secondary N) is 3. The van der Waals surface area contributed by atoms with Gasteiger partial charge in [-0.05, 0) is 25.6 Å². The summed E-state index contributed by atoms with van der Waals surface area (Å²) >= 11 is 1.28. The fourth-order valence-corrected chi connectivity index (χ4v) is 4.28. The number of rotatable bonds is 7. The Bertz CT molecular complexity index is 634. The number of aromatic amines is 1. The highest BCUT2D eigenvalue weighted by Crippen LogP contribution is 2.23. The second-order valence-electron chi connectivity index (χ2n) is 4.38. The van der Waals surface area contributed by atoms with E-state index in [4.69, 9.17) is 0 Å². The molecule has 0 aliphatic carbocycles. The van der Waals surface area contributed by atoms with Crippen LogP contribution >= 0.6 is 11.3 Å². The van der Waals surface area contributed by atoms with E-state index in [2.05, 4.69) is 20.2 Å². The van der Waals surface area contributed by atoms with E-state index >= 15 is 0 Å². The first-order valence-electron chi connectivity index (χ1n) is 6.33. The fraction of sp³-hybridized carbons (Fsp3) is 0.417. The first-order chi connectivity index (χ1) is 9.53. The van der Waals surface area contributed by atoms with Gasteiger partial charge in [0.2, 0.25) is 0 Å². The van der Waals surface area contributed by atoms with Gasteiger partial charge in [-0.15, -0.1) is 11.3 Å². The van der Waals surface area contributed by atoms with Crippen LogP contribution in [0.3, 0.4) is 0 Å². The average Bonchev–Trinajstić information content (AvgIpc) is 3.07. The third kappa shape index (κ3) is 3.66. The molecule has 2 heterocycles. The first kappa shape index (κ1) is 15.2. The van der Waals surface area contributed by atoms with E-state index in [1.165, 1.54) is 11.3 Å². The van der Waals surface area contributed by atoms with Crippen LogP contribution in [0.5, 0.6) is 0 Å². The van der Waals surface area contributed by atoms with Gasteiger partial charge in [-0.25, -0.2) is 13.1 Å². The van der Waals surface area contributed by atoms with Crippen molar-refractivity contribution in [3.8, 4) is 0 Å². The second-order valence-corrected chi connectivity index (χ2v) is 7.48. The van der Waals surface area contributed by atoms with E-state index < -0.39 is 10.0 Å². The Morgan fingerprint density at radius 2 is 2.25 bits per heavy atom. The molecule has 3 N–H and O–H groups in total. The molecule has 2 aromatic rings. The number of thiophene rings is 1. The zero-order valence-corrected chi connectivity index (χ0v) is 13.0. The fourth-order valence-electron chi connectivity index (χ4n) is 1.70. The molecule has 20 heavy (non-hydrogen) atoms. The van der Waals surface area contributed by atoms with Crippen molar-refractivity contribution in [2.24, 2.45) is 0 Å². The summed E-state index contributed by atoms with van der Waals surface area (Å²) in [6, 6.07) is 3.16. The minimum absolute atomic E-state index is 0.321. The predicted octanol–water partition coefficient (Wildman–Crippen LogP) is 1.62. The molecule has 0 saturated heterocycles. The van der Waals surface area contributed by atoms with E-state index in [0.717, 1.165) is 17.0 Å². The van der Waals surface area contributed by atoms with Crippen LogP contribution < -0.4 is 10.0 Å². The summed E-state index contributed by atoms with van der Waals surface area (Å²) in [5.74, 6) is 0. The monoisotopic (exact) mass is 314 g/mol. The molecule has 1 unspecified atom stereocenters. The van der Waals surface area contributed by atoms with Crippen LogP contribution in [0.2, 0.25) is 0 Å². The molecule has 8 heteroatoms. The smallest absolute Gasteiger partial charge is 0.250 e. The maximum atomic E-state index is 12.3. The highest BCUT2D eigenvalue weighted by atomic mass is 32.2. The van der Waals surface area contributed by atoms with Crippen molar-refractivity contribution < 1.29 is 8.42 Å². The zero-order chi connectivity index (χ0) is 14.6. The van der Waals surface area contributed by atoms with E-state index in [-0.39, 0.29) is 6.04 Å². The van der Waals surface area contributed by atoms with E-state index in [0.29, 0.717) is 10.8 Å². The summed E-state index contributed by atoms with van der Waals surface area (Å²) in [5.41, 5.74) is 0.804. The molecular weight excluding hydrogens is 296 g/mol. The molecule has 1 atom stereocenters. The SMILES string of the molecule is CCNCc1ccc(S(=O)(=O)NC(C)c2cn[nH]c2)s1. The first-order valence-corrected chi connectivity index (χ1v) is 8.63. The zero-order valence-electron chi connectivity index (χ0n) is 11.4. The van der Waals surface area contributed by atoms with Gasteiger partial charge in [-0.2, -0.15) is 5.10 Å². The largest absolute Gasteiger partial charge is 0.312 e. The van der Waals surface area contributed by atoms with Crippen molar-refractivity contribution in [3.05, 3.63) is 35.0 Å². The molecular formula is C12H18N4O2S2. The number of H-pyrrole nitrogens is 1. The minimum Gasteiger partial charge on any atom is -0.312 e. The third-order valence-corrected chi connectivity index (χ3v) is 5.92. The van der Waals surface area contributed by atoms with Crippen LogP contribution in [-0.2, 0) is 16.6 Å². The molecule has 0 fully saturated rings. The van der Waals surface area contributed by atoms with Gasteiger partial charge < -0.3 is 5.32 Å². The Kier molecular flexibility index (Phi) is 4.92. The summed E-state index contributed by atoms with van der Waals surface area (Å²) in [4.78, 5) is 1.00. The molecule has 0 aromatic carbocycles. The topological polar surface area (TPSA) is 86.9 Å². The summed E-state index contributed by atoms with van der Waals surface area (Å²) < 4.78 is 27.5. The van der Waals surface area contributed by atoms with Crippen LogP contribution in [0.1, 0.15) is 30.3 Å². The quantitative estimate of drug-likeness (QED) is 0.725. The molecule has 0 aliphatic rings. The van der Waals surface area contributed by atoms with Crippen molar-refractivity contribution in [2.45, 2.75) is 30.6 Å². The van der Waals surface area contributed by atoms with E-state index in [1.54, 1.807) is 25.4 Å². The molecule has 6 nitrogen and oxygen atoms in total. The molecule has 110 valence electrons. The number of nitrogens with zero attached hydrogens (tertiary/aromatic N) is 1. The number of aromatic nitrogens is 2. The summed E-state index contributed by atoms with van der Waals surface area (Å²) in [5, 5.41) is 9.67. The number of hydrogen-bond acceptors (Lipinski definition) is 5. The lowest BCUT2D eigenvalue weighted by molar-refractivity contribution is 0.569. The van der Waals surface area contributed by atoms with Crippen LogP contribution in [0.15, 0.2) is 28.7 Å². The highest BCUT2D eigenvalue weighted by Gasteiger charge is 2.20. The lowest BCUT2D eigenvalue weighted by atomic mass is 10.2. The third-order valence-electron chi connectivity index (χ3n) is 2.80. The van der Waals surface area contributed by atoms with Gasteiger partial charge in [-0.3, -0.25) is 5.10 Å². The molecule has 0 aliphatic heterocycles. The lowest BCUT2D eigenvalue weighted by Gasteiger charge is -2.11. The maximum absolute atomic E-state index is 12.3. The van der Waals surface area contributed by atoms with Gasteiger partial charge in [0.15, 0.2) is 0 Å². The molecule has 0 radical (unpaired) electrons. The van der Waals surface area contributed by atoms with Crippen molar-refractivity contribution in [2.75, 3.05) is 6.54 Å². The molecule has 0 spiro atoms. The van der Waals surface area contributed by atoms with Crippen LogP contribution in [0.4, 0.5) is 0 Å². The Morgan fingerprint density at radius 3 is 2.90 bits per heavy atom. The Hall–Kier alpha value is -1.22. The summed E-state index contributed by atoms with van der Waals surface area (Å²) in [6.07, 6.45) is 3.29. The van der Waals surface area contributed by atoms with Gasteiger partial charge in [0.1, 0.15) is 4.21 Å². The van der Waals surface area contributed by atoms with Gasteiger partial charge in [0.05, 0.1) is 6.20 Å². The van der Waals surface area contributed by atoms with Gasteiger partial charge in [-0.1, -0.05) is 6.92 Å². The Morgan fingerprint density at radius 1 is 1.45 bits per heavy atom. The lowest BCUT2D eigenvalue weighted by Crippen LogP contribution is -2.25. The van der Waals surface area contributed by atoms with Crippen LogP contribution in [-0.4, -0.2) is 25.2 Å². The molecule has 2 rings (SSSR count). The predicted molar refractivity (Wildman–Crippen MR) is 79.0 cm³/mol. The Labute approximate surface area is 122 Å². The number of hydrogen-bond donors (Lipinski definition) is 3. The molecule has 0 amide bonds. The standard InChI is InChI=1S/C12H18N4O2S2/c1-3-13-8-11-4-5-12(19-11)20(17,18)16-9(2)10-6-14-15-7-10/h4-7,9,13,16H,3,8H2,1-2H3,(H,14,15). The summed E-state index contributed by atoms with van der Waals surface area (Å²) in [7, 11) is -3.49. The van der Waals surface area contributed by atoms with Crippen LogP contribution in [0, 0.1) is 0 Å². The van der Waals surface area contributed by atoms with Gasteiger partial charge in [0, 0.05) is 29.2 Å².